The molecule has 0 amide bonds. The number of rotatable bonds is 5. The lowest BCUT2D eigenvalue weighted by Crippen LogP contribution is -2.26. The van der Waals surface area contributed by atoms with E-state index in [1.54, 1.807) is 14.0 Å². The van der Waals surface area contributed by atoms with Crippen molar-refractivity contribution in [2.75, 3.05) is 31.3 Å². The smallest absolute Gasteiger partial charge is 0.177 e. The third-order valence-electron chi connectivity index (χ3n) is 4.01. The lowest BCUT2D eigenvalue weighted by atomic mass is 9.89. The highest BCUT2D eigenvalue weighted by atomic mass is 32.1. The zero-order valence-corrected chi connectivity index (χ0v) is 13.4. The largest absolute Gasteiger partial charge is 0.492 e. The van der Waals surface area contributed by atoms with Crippen LogP contribution in [0.4, 0.5) is 10.7 Å². The van der Waals surface area contributed by atoms with Crippen LogP contribution in [0.3, 0.4) is 0 Å². The van der Waals surface area contributed by atoms with Gasteiger partial charge in [-0.15, -0.1) is 11.3 Å². The molecule has 2 rings (SSSR count). The van der Waals surface area contributed by atoms with Crippen molar-refractivity contribution in [2.24, 2.45) is 5.92 Å². The predicted molar refractivity (Wildman–Crippen MR) is 85.1 cm³/mol. The fraction of sp³-hybridized carbons (Fsp3) is 0.667. The van der Waals surface area contributed by atoms with Crippen LogP contribution in [0.1, 0.15) is 48.7 Å². The Kier molecular flexibility index (Phi) is 4.91. The third-order valence-corrected chi connectivity index (χ3v) is 5.41. The molecular weight excluding hydrogens is 272 g/mol. The van der Waals surface area contributed by atoms with Gasteiger partial charge >= 0.3 is 0 Å². The molecule has 5 heteroatoms. The molecule has 0 bridgehead atoms. The number of anilines is 2. The van der Waals surface area contributed by atoms with E-state index in [1.165, 1.54) is 43.4 Å². The highest BCUT2D eigenvalue weighted by Crippen LogP contribution is 2.45. The number of nitrogen functional groups attached to an aromatic ring is 1. The van der Waals surface area contributed by atoms with Crippen molar-refractivity contribution < 1.29 is 9.53 Å². The SMILES string of the molecule is COc1c(N(C)CC2CCCCC2)sc(C(C)=O)c1N. The Labute approximate surface area is 124 Å². The van der Waals surface area contributed by atoms with Crippen LogP contribution in [-0.2, 0) is 0 Å². The first kappa shape index (κ1) is 15.2. The van der Waals surface area contributed by atoms with Gasteiger partial charge in [0.15, 0.2) is 11.5 Å². The molecule has 0 radical (unpaired) electrons. The van der Waals surface area contributed by atoms with E-state index in [0.29, 0.717) is 16.3 Å². The molecular formula is C15H24N2O2S. The Morgan fingerprint density at radius 3 is 2.60 bits per heavy atom. The van der Waals surface area contributed by atoms with E-state index in [-0.39, 0.29) is 5.78 Å². The number of carbonyl (C=O) groups excluding carboxylic acids is 1. The Balaban J connectivity index is 2.17. The van der Waals surface area contributed by atoms with Crippen molar-refractivity contribution in [3.63, 3.8) is 0 Å². The minimum absolute atomic E-state index is 0.00289. The summed E-state index contributed by atoms with van der Waals surface area (Å²) in [7, 11) is 3.67. The van der Waals surface area contributed by atoms with Gasteiger partial charge in [-0.25, -0.2) is 0 Å². The molecule has 1 heterocycles. The number of methoxy groups -OCH3 is 1. The zero-order chi connectivity index (χ0) is 14.7. The number of Topliss-reactive ketones (excluding diaryl/α,β-unsaturated/α-hetero) is 1. The fourth-order valence-corrected chi connectivity index (χ4v) is 4.02. The Bertz CT molecular complexity index is 478. The molecule has 0 spiro atoms. The summed E-state index contributed by atoms with van der Waals surface area (Å²) in [6.45, 7) is 2.56. The summed E-state index contributed by atoms with van der Waals surface area (Å²) in [4.78, 5) is 14.4. The lowest BCUT2D eigenvalue weighted by Gasteiger charge is -2.27. The second kappa shape index (κ2) is 6.48. The summed E-state index contributed by atoms with van der Waals surface area (Å²) >= 11 is 1.44. The summed E-state index contributed by atoms with van der Waals surface area (Å²) in [5, 5.41) is 0.973. The average molecular weight is 296 g/mol. The lowest BCUT2D eigenvalue weighted by molar-refractivity contribution is 0.102. The summed E-state index contributed by atoms with van der Waals surface area (Å²) < 4.78 is 5.41. The van der Waals surface area contributed by atoms with Crippen LogP contribution >= 0.6 is 11.3 Å². The molecule has 0 unspecified atom stereocenters. The van der Waals surface area contributed by atoms with Crippen LogP contribution < -0.4 is 15.4 Å². The maximum Gasteiger partial charge on any atom is 0.177 e. The van der Waals surface area contributed by atoms with Crippen LogP contribution in [0.2, 0.25) is 0 Å². The summed E-state index contributed by atoms with van der Waals surface area (Å²) in [5.74, 6) is 1.39. The zero-order valence-electron chi connectivity index (χ0n) is 12.6. The fourth-order valence-electron chi connectivity index (χ4n) is 2.97. The molecule has 1 aromatic heterocycles. The van der Waals surface area contributed by atoms with Gasteiger partial charge in [0.05, 0.1) is 17.7 Å². The quantitative estimate of drug-likeness (QED) is 0.844. The molecule has 1 aliphatic rings. The van der Waals surface area contributed by atoms with E-state index in [9.17, 15) is 4.79 Å². The topological polar surface area (TPSA) is 55.6 Å². The van der Waals surface area contributed by atoms with Gasteiger partial charge in [-0.3, -0.25) is 4.79 Å². The maximum absolute atomic E-state index is 11.6. The molecule has 20 heavy (non-hydrogen) atoms. The summed E-state index contributed by atoms with van der Waals surface area (Å²) in [5.41, 5.74) is 6.51. The number of thiophene rings is 1. The van der Waals surface area contributed by atoms with Crippen LogP contribution in [-0.4, -0.2) is 26.5 Å². The molecule has 0 aliphatic heterocycles. The van der Waals surface area contributed by atoms with Gasteiger partial charge in [0, 0.05) is 20.5 Å². The second-order valence-electron chi connectivity index (χ2n) is 5.62. The Morgan fingerprint density at radius 2 is 2.05 bits per heavy atom. The number of nitrogens with zero attached hydrogens (tertiary/aromatic N) is 1. The standard InChI is InChI=1S/C15H24N2O2S/c1-10(18)14-12(16)13(19-3)15(20-14)17(2)9-11-7-5-4-6-8-11/h11H,4-9,16H2,1-3H3. The molecule has 1 saturated carbocycles. The minimum atomic E-state index is 0.00289. The average Bonchev–Trinajstić information content (AvgIpc) is 2.77. The number of hydrogen-bond donors (Lipinski definition) is 1. The summed E-state index contributed by atoms with van der Waals surface area (Å²) in [6, 6.07) is 0. The van der Waals surface area contributed by atoms with Gasteiger partial charge in [-0.2, -0.15) is 0 Å². The van der Waals surface area contributed by atoms with E-state index >= 15 is 0 Å². The number of ketones is 1. The van der Waals surface area contributed by atoms with Gasteiger partial charge in [0.2, 0.25) is 0 Å². The van der Waals surface area contributed by atoms with Crippen LogP contribution in [0.25, 0.3) is 0 Å². The summed E-state index contributed by atoms with van der Waals surface area (Å²) in [6.07, 6.45) is 6.63. The first-order chi connectivity index (χ1) is 9.54. The van der Waals surface area contributed by atoms with Gasteiger partial charge in [-0.05, 0) is 18.8 Å². The van der Waals surface area contributed by atoms with Gasteiger partial charge in [0.1, 0.15) is 5.00 Å². The third kappa shape index (κ3) is 3.08. The molecule has 0 saturated heterocycles. The highest BCUT2D eigenvalue weighted by molar-refractivity contribution is 7.19. The monoisotopic (exact) mass is 296 g/mol. The van der Waals surface area contributed by atoms with Crippen LogP contribution in [0.15, 0.2) is 0 Å². The van der Waals surface area contributed by atoms with E-state index in [2.05, 4.69) is 11.9 Å². The van der Waals surface area contributed by atoms with Gasteiger partial charge in [-0.1, -0.05) is 19.3 Å². The van der Waals surface area contributed by atoms with Crippen LogP contribution in [0.5, 0.6) is 5.75 Å². The molecule has 1 aromatic rings. The number of carbonyl (C=O) groups is 1. The molecule has 2 N–H and O–H groups in total. The van der Waals surface area contributed by atoms with Crippen molar-refractivity contribution in [3.05, 3.63) is 4.88 Å². The first-order valence-electron chi connectivity index (χ1n) is 7.23. The van der Waals surface area contributed by atoms with E-state index < -0.39 is 0 Å². The van der Waals surface area contributed by atoms with Crippen molar-refractivity contribution >= 4 is 27.8 Å². The maximum atomic E-state index is 11.6. The van der Waals surface area contributed by atoms with Gasteiger partial charge in [0.25, 0.3) is 0 Å². The Hall–Kier alpha value is -1.23. The second-order valence-corrected chi connectivity index (χ2v) is 6.62. The normalized spacial score (nSPS) is 16.1. The molecule has 4 nitrogen and oxygen atoms in total. The minimum Gasteiger partial charge on any atom is -0.492 e. The van der Waals surface area contributed by atoms with Crippen LogP contribution in [0, 0.1) is 5.92 Å². The number of nitrogens with two attached hydrogens (primary N) is 1. The first-order valence-corrected chi connectivity index (χ1v) is 8.04. The number of ether oxygens (including phenoxy) is 1. The molecule has 0 aromatic carbocycles. The van der Waals surface area contributed by atoms with E-state index in [0.717, 1.165) is 17.5 Å². The molecule has 1 fully saturated rings. The van der Waals surface area contributed by atoms with E-state index in [1.807, 2.05) is 0 Å². The molecule has 0 atom stereocenters. The van der Waals surface area contributed by atoms with Crippen molar-refractivity contribution in [3.8, 4) is 5.75 Å². The van der Waals surface area contributed by atoms with Crippen molar-refractivity contribution in [1.29, 1.82) is 0 Å². The predicted octanol–water partition coefficient (Wildman–Crippen LogP) is 3.56. The van der Waals surface area contributed by atoms with E-state index in [4.69, 9.17) is 10.5 Å². The molecule has 1 aliphatic carbocycles. The van der Waals surface area contributed by atoms with Gasteiger partial charge < -0.3 is 15.4 Å². The highest BCUT2D eigenvalue weighted by Gasteiger charge is 2.24. The Morgan fingerprint density at radius 1 is 1.40 bits per heavy atom. The van der Waals surface area contributed by atoms with Crippen molar-refractivity contribution in [2.45, 2.75) is 39.0 Å². The van der Waals surface area contributed by atoms with Crippen molar-refractivity contribution in [1.82, 2.24) is 0 Å². The number of hydrogen-bond acceptors (Lipinski definition) is 5. The molecule has 112 valence electrons.